The van der Waals surface area contributed by atoms with Gasteiger partial charge in [0.1, 0.15) is 22.1 Å². The molecule has 0 bridgehead atoms. The van der Waals surface area contributed by atoms with Crippen LogP contribution in [0.25, 0.3) is 11.4 Å². The highest BCUT2D eigenvalue weighted by atomic mass is 32.1. The molecule has 2 aromatic rings. The molecule has 0 aliphatic heterocycles. The molecule has 0 saturated heterocycles. The molecule has 1 aromatic carbocycles. The molecule has 1 N–H and O–H groups in total. The summed E-state index contributed by atoms with van der Waals surface area (Å²) < 4.78 is 0.347. The van der Waals surface area contributed by atoms with Crippen LogP contribution in [0.3, 0.4) is 0 Å². The molecule has 0 spiro atoms. The van der Waals surface area contributed by atoms with E-state index >= 15 is 0 Å². The maximum atomic E-state index is 8.92. The van der Waals surface area contributed by atoms with Crippen molar-refractivity contribution in [2.24, 2.45) is 0 Å². The largest absolute Gasteiger partial charge is 0.342 e. The van der Waals surface area contributed by atoms with E-state index in [4.69, 9.17) is 17.5 Å². The fourth-order valence-corrected chi connectivity index (χ4v) is 1.86. The second-order valence-electron chi connectivity index (χ2n) is 3.87. The SMILES string of the molecule is Cc1ccc(-c2nc(=S)c(C#N)c(C)[nH]2)cc1. The lowest BCUT2D eigenvalue weighted by atomic mass is 10.1. The Bertz CT molecular complexity index is 648. The van der Waals surface area contributed by atoms with Crippen molar-refractivity contribution in [3.8, 4) is 17.5 Å². The van der Waals surface area contributed by atoms with E-state index in [-0.39, 0.29) is 0 Å². The molecule has 84 valence electrons. The van der Waals surface area contributed by atoms with Crippen LogP contribution in [0.4, 0.5) is 0 Å². The van der Waals surface area contributed by atoms with Crippen LogP contribution in [0.2, 0.25) is 0 Å². The summed E-state index contributed by atoms with van der Waals surface area (Å²) in [5.74, 6) is 0.700. The van der Waals surface area contributed by atoms with Gasteiger partial charge < -0.3 is 4.98 Å². The van der Waals surface area contributed by atoms with Gasteiger partial charge in [0.15, 0.2) is 0 Å². The lowest BCUT2D eigenvalue weighted by Gasteiger charge is -2.05. The Hall–Kier alpha value is -1.99. The first kappa shape index (κ1) is 11.5. The number of H-pyrrole nitrogens is 1. The lowest BCUT2D eigenvalue weighted by Crippen LogP contribution is -1.97. The first-order chi connectivity index (χ1) is 8.11. The molecule has 2 rings (SSSR count). The number of rotatable bonds is 1. The maximum Gasteiger partial charge on any atom is 0.148 e. The summed E-state index contributed by atoms with van der Waals surface area (Å²) in [6, 6.07) is 10.0. The van der Waals surface area contributed by atoms with Crippen molar-refractivity contribution in [2.45, 2.75) is 13.8 Å². The van der Waals surface area contributed by atoms with E-state index in [1.165, 1.54) is 5.56 Å². The van der Waals surface area contributed by atoms with Crippen LogP contribution in [0.15, 0.2) is 24.3 Å². The number of nitrogens with one attached hydrogen (secondary N) is 1. The minimum Gasteiger partial charge on any atom is -0.342 e. The lowest BCUT2D eigenvalue weighted by molar-refractivity contribution is 1.08. The standard InChI is InChI=1S/C13H11N3S/c1-8-3-5-10(6-4-8)12-15-9(2)11(7-14)13(17)16-12/h3-6H,1-2H3,(H,15,16,17). The van der Waals surface area contributed by atoms with Crippen LogP contribution in [-0.4, -0.2) is 9.97 Å². The summed E-state index contributed by atoms with van der Waals surface area (Å²) in [4.78, 5) is 7.34. The molecule has 0 aliphatic rings. The Morgan fingerprint density at radius 2 is 1.88 bits per heavy atom. The molecule has 0 radical (unpaired) electrons. The van der Waals surface area contributed by atoms with E-state index in [0.717, 1.165) is 11.3 Å². The monoisotopic (exact) mass is 241 g/mol. The second-order valence-corrected chi connectivity index (χ2v) is 4.26. The van der Waals surface area contributed by atoms with Gasteiger partial charge in [0.05, 0.1) is 0 Å². The Labute approximate surface area is 105 Å². The zero-order chi connectivity index (χ0) is 12.4. The molecule has 0 saturated carbocycles. The van der Waals surface area contributed by atoms with Gasteiger partial charge in [-0.1, -0.05) is 42.0 Å². The van der Waals surface area contributed by atoms with E-state index in [1.54, 1.807) is 0 Å². The molecule has 0 aliphatic carbocycles. The zero-order valence-corrected chi connectivity index (χ0v) is 10.4. The molecule has 1 aromatic heterocycles. The smallest absolute Gasteiger partial charge is 0.148 e. The number of aryl methyl sites for hydroxylation is 2. The highest BCUT2D eigenvalue weighted by Gasteiger charge is 2.06. The Morgan fingerprint density at radius 3 is 2.41 bits per heavy atom. The molecule has 0 atom stereocenters. The van der Waals surface area contributed by atoms with Gasteiger partial charge in [-0.05, 0) is 13.8 Å². The fraction of sp³-hybridized carbons (Fsp3) is 0.154. The summed E-state index contributed by atoms with van der Waals surface area (Å²) in [7, 11) is 0. The van der Waals surface area contributed by atoms with Crippen LogP contribution in [0, 0.1) is 29.8 Å². The van der Waals surface area contributed by atoms with Crippen molar-refractivity contribution in [3.05, 3.63) is 45.7 Å². The predicted molar refractivity (Wildman–Crippen MR) is 69.0 cm³/mol. The van der Waals surface area contributed by atoms with Crippen LogP contribution >= 0.6 is 12.2 Å². The third kappa shape index (κ3) is 2.24. The number of nitriles is 1. The van der Waals surface area contributed by atoms with Crippen molar-refractivity contribution in [1.29, 1.82) is 5.26 Å². The van der Waals surface area contributed by atoms with E-state index < -0.39 is 0 Å². The van der Waals surface area contributed by atoms with Gasteiger partial charge in [-0.3, -0.25) is 0 Å². The van der Waals surface area contributed by atoms with Crippen LogP contribution < -0.4 is 0 Å². The van der Waals surface area contributed by atoms with Gasteiger partial charge in [0, 0.05) is 11.3 Å². The van der Waals surface area contributed by atoms with E-state index in [9.17, 15) is 0 Å². The summed E-state index contributed by atoms with van der Waals surface area (Å²) >= 11 is 5.10. The molecule has 0 fully saturated rings. The molecule has 4 heteroatoms. The Kier molecular flexibility index (Phi) is 3.03. The highest BCUT2D eigenvalue weighted by Crippen LogP contribution is 2.17. The minimum absolute atomic E-state index is 0.347. The van der Waals surface area contributed by atoms with Gasteiger partial charge in [0.2, 0.25) is 0 Å². The van der Waals surface area contributed by atoms with E-state index in [2.05, 4.69) is 16.0 Å². The fourth-order valence-electron chi connectivity index (χ4n) is 1.57. The maximum absolute atomic E-state index is 8.92. The van der Waals surface area contributed by atoms with Crippen molar-refractivity contribution in [3.63, 3.8) is 0 Å². The first-order valence-electron chi connectivity index (χ1n) is 5.20. The number of hydrogen-bond acceptors (Lipinski definition) is 3. The minimum atomic E-state index is 0.347. The Balaban J connectivity index is 2.59. The molecule has 1 heterocycles. The highest BCUT2D eigenvalue weighted by molar-refractivity contribution is 7.71. The van der Waals surface area contributed by atoms with Gasteiger partial charge in [-0.15, -0.1) is 0 Å². The second kappa shape index (κ2) is 4.48. The van der Waals surface area contributed by atoms with Crippen molar-refractivity contribution >= 4 is 12.2 Å². The van der Waals surface area contributed by atoms with Crippen molar-refractivity contribution < 1.29 is 0 Å². The molecular weight excluding hydrogens is 230 g/mol. The zero-order valence-electron chi connectivity index (χ0n) is 9.61. The summed E-state index contributed by atoms with van der Waals surface area (Å²) in [5, 5.41) is 8.92. The van der Waals surface area contributed by atoms with E-state index in [1.807, 2.05) is 38.1 Å². The molecule has 0 amide bonds. The van der Waals surface area contributed by atoms with Gasteiger partial charge in [0.25, 0.3) is 0 Å². The molecule has 17 heavy (non-hydrogen) atoms. The summed E-state index contributed by atoms with van der Waals surface area (Å²) in [6.45, 7) is 3.86. The number of hydrogen-bond donors (Lipinski definition) is 1. The van der Waals surface area contributed by atoms with Gasteiger partial charge in [-0.2, -0.15) is 5.26 Å². The number of aromatic amines is 1. The molecule has 0 unspecified atom stereocenters. The quantitative estimate of drug-likeness (QED) is 0.779. The van der Waals surface area contributed by atoms with Crippen LogP contribution in [-0.2, 0) is 0 Å². The summed E-state index contributed by atoms with van der Waals surface area (Å²) in [6.07, 6.45) is 0. The van der Waals surface area contributed by atoms with Crippen LogP contribution in [0.5, 0.6) is 0 Å². The van der Waals surface area contributed by atoms with E-state index in [0.29, 0.717) is 16.0 Å². The third-order valence-corrected chi connectivity index (χ3v) is 2.84. The Morgan fingerprint density at radius 1 is 1.24 bits per heavy atom. The third-order valence-electron chi connectivity index (χ3n) is 2.54. The average molecular weight is 241 g/mol. The van der Waals surface area contributed by atoms with Crippen LogP contribution in [0.1, 0.15) is 16.8 Å². The first-order valence-corrected chi connectivity index (χ1v) is 5.60. The average Bonchev–Trinajstić information content (AvgIpc) is 2.29. The molecular formula is C13H11N3S. The van der Waals surface area contributed by atoms with Gasteiger partial charge in [-0.25, -0.2) is 4.98 Å². The van der Waals surface area contributed by atoms with Crippen molar-refractivity contribution in [2.75, 3.05) is 0 Å². The topological polar surface area (TPSA) is 52.5 Å². The van der Waals surface area contributed by atoms with Crippen molar-refractivity contribution in [1.82, 2.24) is 9.97 Å². The normalized spacial score (nSPS) is 9.94. The number of nitrogens with zero attached hydrogens (tertiary/aromatic N) is 2. The summed E-state index contributed by atoms with van der Waals surface area (Å²) in [5.41, 5.74) is 3.35. The molecule has 3 nitrogen and oxygen atoms in total. The number of benzene rings is 1. The number of aromatic nitrogens is 2. The van der Waals surface area contributed by atoms with Gasteiger partial charge >= 0.3 is 0 Å². The predicted octanol–water partition coefficient (Wildman–Crippen LogP) is 3.29.